The average molecular weight is 174 g/mol. The van der Waals surface area contributed by atoms with Crippen LogP contribution in [0.1, 0.15) is 5.56 Å². The summed E-state index contributed by atoms with van der Waals surface area (Å²) >= 11 is 0. The van der Waals surface area contributed by atoms with E-state index in [4.69, 9.17) is 15.9 Å². The van der Waals surface area contributed by atoms with Crippen LogP contribution in [0, 0.1) is 12.3 Å². The van der Waals surface area contributed by atoms with Gasteiger partial charge in [0, 0.05) is 12.0 Å². The zero-order valence-corrected chi connectivity index (χ0v) is 7.25. The first-order valence-corrected chi connectivity index (χ1v) is 4.22. The minimum atomic E-state index is 0.319. The van der Waals surface area contributed by atoms with E-state index in [0.29, 0.717) is 6.61 Å². The molecule has 1 heterocycles. The van der Waals surface area contributed by atoms with Crippen LogP contribution in [0.2, 0.25) is 0 Å². The fraction of sp³-hybridized carbons (Fsp3) is 0.273. The first-order chi connectivity index (χ1) is 6.40. The molecule has 0 aromatic heterocycles. The molecular weight excluding hydrogens is 164 g/mol. The molecular formula is C11H10O2. The van der Waals surface area contributed by atoms with E-state index in [1.165, 1.54) is 5.56 Å². The molecule has 1 aliphatic rings. The summed E-state index contributed by atoms with van der Waals surface area (Å²) in [5, 5.41) is 0. The number of terminal acetylenes is 1. The SMILES string of the molecule is C#CCOc1ccc2c(c1)CCO2. The molecule has 13 heavy (non-hydrogen) atoms. The molecule has 1 aromatic carbocycles. The molecule has 0 fully saturated rings. The van der Waals surface area contributed by atoms with Crippen LogP contribution in [0.5, 0.6) is 11.5 Å². The standard InChI is InChI=1S/C11H10O2/c1-2-6-12-10-3-4-11-9(8-10)5-7-13-11/h1,3-4,8H,5-7H2. The predicted molar refractivity (Wildman–Crippen MR) is 50.0 cm³/mol. The largest absolute Gasteiger partial charge is 0.493 e. The van der Waals surface area contributed by atoms with E-state index in [1.54, 1.807) is 0 Å². The highest BCUT2D eigenvalue weighted by molar-refractivity contribution is 5.42. The monoisotopic (exact) mass is 174 g/mol. The Bertz CT molecular complexity index is 350. The molecule has 0 atom stereocenters. The summed E-state index contributed by atoms with van der Waals surface area (Å²) in [6.45, 7) is 1.09. The van der Waals surface area contributed by atoms with Gasteiger partial charge in [-0.2, -0.15) is 0 Å². The van der Waals surface area contributed by atoms with Gasteiger partial charge in [-0.15, -0.1) is 6.42 Å². The number of ether oxygens (including phenoxy) is 2. The van der Waals surface area contributed by atoms with E-state index in [9.17, 15) is 0 Å². The molecule has 0 spiro atoms. The summed E-state index contributed by atoms with van der Waals surface area (Å²) in [6, 6.07) is 5.79. The van der Waals surface area contributed by atoms with Crippen LogP contribution in [-0.4, -0.2) is 13.2 Å². The average Bonchev–Trinajstić information content (AvgIpc) is 2.61. The number of fused-ring (bicyclic) bond motifs is 1. The van der Waals surface area contributed by atoms with Crippen LogP contribution in [0.25, 0.3) is 0 Å². The second kappa shape index (κ2) is 3.40. The zero-order valence-electron chi connectivity index (χ0n) is 7.25. The topological polar surface area (TPSA) is 18.5 Å². The van der Waals surface area contributed by atoms with E-state index >= 15 is 0 Å². The van der Waals surface area contributed by atoms with Gasteiger partial charge in [0.05, 0.1) is 6.61 Å². The van der Waals surface area contributed by atoms with E-state index < -0.39 is 0 Å². The van der Waals surface area contributed by atoms with Gasteiger partial charge in [-0.1, -0.05) is 5.92 Å². The van der Waals surface area contributed by atoms with E-state index in [0.717, 1.165) is 24.5 Å². The molecule has 0 aliphatic carbocycles. The Kier molecular flexibility index (Phi) is 2.09. The van der Waals surface area contributed by atoms with Gasteiger partial charge in [-0.25, -0.2) is 0 Å². The van der Waals surface area contributed by atoms with Gasteiger partial charge in [0.15, 0.2) is 0 Å². The Labute approximate surface area is 77.5 Å². The Morgan fingerprint density at radius 3 is 3.31 bits per heavy atom. The highest BCUT2D eigenvalue weighted by Gasteiger charge is 2.11. The Morgan fingerprint density at radius 2 is 2.46 bits per heavy atom. The summed E-state index contributed by atoms with van der Waals surface area (Å²) in [6.07, 6.45) is 6.05. The first kappa shape index (κ1) is 8.00. The van der Waals surface area contributed by atoms with Crippen molar-refractivity contribution < 1.29 is 9.47 Å². The third-order valence-electron chi connectivity index (χ3n) is 1.98. The number of hydrogen-bond donors (Lipinski definition) is 0. The lowest BCUT2D eigenvalue weighted by atomic mass is 10.2. The number of rotatable bonds is 2. The van der Waals surface area contributed by atoms with Crippen molar-refractivity contribution in [3.8, 4) is 23.8 Å². The lowest BCUT2D eigenvalue weighted by Gasteiger charge is -2.03. The normalized spacial score (nSPS) is 12.8. The quantitative estimate of drug-likeness (QED) is 0.634. The number of benzene rings is 1. The van der Waals surface area contributed by atoms with Crippen LogP contribution < -0.4 is 9.47 Å². The minimum Gasteiger partial charge on any atom is -0.493 e. The maximum atomic E-state index is 5.36. The van der Waals surface area contributed by atoms with E-state index in [-0.39, 0.29) is 0 Å². The number of hydrogen-bond acceptors (Lipinski definition) is 2. The summed E-state index contributed by atoms with van der Waals surface area (Å²) in [7, 11) is 0. The van der Waals surface area contributed by atoms with E-state index in [1.807, 2.05) is 18.2 Å². The second-order valence-corrected chi connectivity index (χ2v) is 2.86. The van der Waals surface area contributed by atoms with Gasteiger partial charge in [-0.3, -0.25) is 0 Å². The molecule has 0 N–H and O–H groups in total. The van der Waals surface area contributed by atoms with Gasteiger partial charge in [-0.05, 0) is 18.2 Å². The fourth-order valence-corrected chi connectivity index (χ4v) is 1.38. The van der Waals surface area contributed by atoms with Gasteiger partial charge in [0.25, 0.3) is 0 Å². The minimum absolute atomic E-state index is 0.319. The van der Waals surface area contributed by atoms with Crippen molar-refractivity contribution in [3.05, 3.63) is 23.8 Å². The van der Waals surface area contributed by atoms with Crippen LogP contribution in [-0.2, 0) is 6.42 Å². The van der Waals surface area contributed by atoms with Crippen molar-refractivity contribution in [1.29, 1.82) is 0 Å². The van der Waals surface area contributed by atoms with Crippen LogP contribution >= 0.6 is 0 Å². The lowest BCUT2D eigenvalue weighted by molar-refractivity contribution is 0.355. The summed E-state index contributed by atoms with van der Waals surface area (Å²) in [5.41, 5.74) is 1.20. The van der Waals surface area contributed by atoms with Crippen molar-refractivity contribution in [2.24, 2.45) is 0 Å². The predicted octanol–water partition coefficient (Wildman–Crippen LogP) is 1.63. The fourth-order valence-electron chi connectivity index (χ4n) is 1.38. The molecule has 0 amide bonds. The maximum Gasteiger partial charge on any atom is 0.148 e. The summed E-state index contributed by atoms with van der Waals surface area (Å²) in [5.74, 6) is 4.22. The molecule has 0 unspecified atom stereocenters. The maximum absolute atomic E-state index is 5.36. The molecule has 66 valence electrons. The van der Waals surface area contributed by atoms with Crippen LogP contribution in [0.3, 0.4) is 0 Å². The van der Waals surface area contributed by atoms with Crippen molar-refractivity contribution in [2.45, 2.75) is 6.42 Å². The van der Waals surface area contributed by atoms with Crippen molar-refractivity contribution >= 4 is 0 Å². The Hall–Kier alpha value is -1.62. The first-order valence-electron chi connectivity index (χ1n) is 4.22. The highest BCUT2D eigenvalue weighted by Crippen LogP contribution is 2.28. The molecule has 0 saturated carbocycles. The van der Waals surface area contributed by atoms with Crippen molar-refractivity contribution in [2.75, 3.05) is 13.2 Å². The van der Waals surface area contributed by atoms with Crippen LogP contribution in [0.15, 0.2) is 18.2 Å². The third-order valence-corrected chi connectivity index (χ3v) is 1.98. The molecule has 2 nitrogen and oxygen atoms in total. The third kappa shape index (κ3) is 1.59. The highest BCUT2D eigenvalue weighted by atomic mass is 16.5. The smallest absolute Gasteiger partial charge is 0.148 e. The van der Waals surface area contributed by atoms with Crippen LogP contribution in [0.4, 0.5) is 0 Å². The molecule has 2 rings (SSSR count). The summed E-state index contributed by atoms with van der Waals surface area (Å²) in [4.78, 5) is 0. The van der Waals surface area contributed by atoms with E-state index in [2.05, 4.69) is 5.92 Å². The van der Waals surface area contributed by atoms with Crippen molar-refractivity contribution in [3.63, 3.8) is 0 Å². The second-order valence-electron chi connectivity index (χ2n) is 2.86. The Balaban J connectivity index is 2.17. The molecule has 1 aromatic rings. The molecule has 0 radical (unpaired) electrons. The molecule has 0 saturated heterocycles. The van der Waals surface area contributed by atoms with Crippen molar-refractivity contribution in [1.82, 2.24) is 0 Å². The molecule has 2 heteroatoms. The Morgan fingerprint density at radius 1 is 1.54 bits per heavy atom. The van der Waals surface area contributed by atoms with Gasteiger partial charge in [0.2, 0.25) is 0 Å². The van der Waals surface area contributed by atoms with Gasteiger partial charge >= 0.3 is 0 Å². The summed E-state index contributed by atoms with van der Waals surface area (Å²) < 4.78 is 10.7. The molecule has 0 bridgehead atoms. The lowest BCUT2D eigenvalue weighted by Crippen LogP contribution is -1.93. The molecule has 1 aliphatic heterocycles. The van der Waals surface area contributed by atoms with Gasteiger partial charge in [0.1, 0.15) is 18.1 Å². The zero-order chi connectivity index (χ0) is 9.10. The van der Waals surface area contributed by atoms with Gasteiger partial charge < -0.3 is 9.47 Å².